The number of rotatable bonds is 9. The monoisotopic (exact) mass is 407 g/mol. The number of carbonyl (C=O) groups excluding carboxylic acids is 1. The molecule has 0 heterocycles. The van der Waals surface area contributed by atoms with E-state index in [0.29, 0.717) is 31.3 Å². The molecule has 0 atom stereocenters. The third kappa shape index (κ3) is 6.76. The Kier molecular flexibility index (Phi) is 7.76. The van der Waals surface area contributed by atoms with Gasteiger partial charge in [0, 0.05) is 12.3 Å². The van der Waals surface area contributed by atoms with Gasteiger partial charge in [-0.1, -0.05) is 6.07 Å². The molecule has 0 aliphatic heterocycles. The Morgan fingerprint density at radius 1 is 1.08 bits per heavy atom. The van der Waals surface area contributed by atoms with E-state index in [-0.39, 0.29) is 12.5 Å². The second-order valence-corrected chi connectivity index (χ2v) is 6.19. The molecule has 0 spiro atoms. The molecule has 134 valence electrons. The Balaban J connectivity index is 1.78. The van der Waals surface area contributed by atoms with Crippen LogP contribution in [-0.2, 0) is 9.53 Å². The molecule has 2 aromatic carbocycles. The number of halogens is 1. The second-order valence-electron chi connectivity index (χ2n) is 5.34. The van der Waals surface area contributed by atoms with Crippen LogP contribution in [0.1, 0.15) is 12.5 Å². The lowest BCUT2D eigenvalue weighted by Crippen LogP contribution is -2.20. The topological polar surface area (TPSA) is 56.8 Å². The van der Waals surface area contributed by atoms with Gasteiger partial charge in [0.2, 0.25) is 0 Å². The molecule has 2 rings (SSSR count). The molecule has 0 radical (unpaired) electrons. The highest BCUT2D eigenvalue weighted by Gasteiger charge is 2.06. The van der Waals surface area contributed by atoms with E-state index in [2.05, 4.69) is 21.2 Å². The smallest absolute Gasteiger partial charge is 0.262 e. The summed E-state index contributed by atoms with van der Waals surface area (Å²) in [5, 5.41) is 2.79. The van der Waals surface area contributed by atoms with E-state index in [4.69, 9.17) is 14.2 Å². The first-order valence-corrected chi connectivity index (χ1v) is 8.87. The van der Waals surface area contributed by atoms with E-state index >= 15 is 0 Å². The zero-order valence-corrected chi connectivity index (χ0v) is 16.0. The Labute approximate surface area is 156 Å². The van der Waals surface area contributed by atoms with Gasteiger partial charge in [-0.05, 0) is 71.7 Å². The quantitative estimate of drug-likeness (QED) is 0.633. The number of hydrogen-bond donors (Lipinski definition) is 1. The van der Waals surface area contributed by atoms with E-state index in [1.165, 1.54) is 0 Å². The number of nitrogens with one attached hydrogen (secondary N) is 1. The zero-order valence-electron chi connectivity index (χ0n) is 14.4. The van der Waals surface area contributed by atoms with Crippen LogP contribution >= 0.6 is 15.9 Å². The standard InChI is InChI=1S/C19H22BrNO4/c1-3-23-10-11-24-16-7-5-15(6-8-16)21-19(22)13-25-18-9-4-14(2)12-17(18)20/h4-9,12H,3,10-11,13H2,1-2H3,(H,21,22). The van der Waals surface area contributed by atoms with Crippen LogP contribution in [0.25, 0.3) is 0 Å². The number of ether oxygens (including phenoxy) is 3. The van der Waals surface area contributed by atoms with Gasteiger partial charge in [-0.15, -0.1) is 0 Å². The largest absolute Gasteiger partial charge is 0.491 e. The van der Waals surface area contributed by atoms with Crippen molar-refractivity contribution < 1.29 is 19.0 Å². The minimum Gasteiger partial charge on any atom is -0.491 e. The van der Waals surface area contributed by atoms with E-state index in [1.807, 2.05) is 32.0 Å². The Morgan fingerprint density at radius 3 is 2.52 bits per heavy atom. The Morgan fingerprint density at radius 2 is 1.84 bits per heavy atom. The maximum Gasteiger partial charge on any atom is 0.262 e. The maximum atomic E-state index is 12.0. The van der Waals surface area contributed by atoms with Crippen LogP contribution < -0.4 is 14.8 Å². The summed E-state index contributed by atoms with van der Waals surface area (Å²) < 4.78 is 17.1. The first kappa shape index (κ1) is 19.3. The van der Waals surface area contributed by atoms with Crippen LogP contribution in [0.15, 0.2) is 46.9 Å². The Hall–Kier alpha value is -2.05. The number of hydrogen-bond acceptors (Lipinski definition) is 4. The molecule has 25 heavy (non-hydrogen) atoms. The normalized spacial score (nSPS) is 10.4. The van der Waals surface area contributed by atoms with Crippen molar-refractivity contribution in [2.24, 2.45) is 0 Å². The molecule has 0 aliphatic carbocycles. The van der Waals surface area contributed by atoms with Crippen LogP contribution in [0.5, 0.6) is 11.5 Å². The van der Waals surface area contributed by atoms with Crippen molar-refractivity contribution in [3.05, 3.63) is 52.5 Å². The van der Waals surface area contributed by atoms with Crippen molar-refractivity contribution in [2.75, 3.05) is 31.7 Å². The summed E-state index contributed by atoms with van der Waals surface area (Å²) in [5.74, 6) is 1.15. The predicted octanol–water partition coefficient (Wildman–Crippen LogP) is 4.19. The molecule has 0 saturated carbocycles. The van der Waals surface area contributed by atoms with Gasteiger partial charge >= 0.3 is 0 Å². The van der Waals surface area contributed by atoms with Crippen molar-refractivity contribution >= 4 is 27.5 Å². The fourth-order valence-corrected chi connectivity index (χ4v) is 2.67. The van der Waals surface area contributed by atoms with Crippen molar-refractivity contribution in [1.82, 2.24) is 0 Å². The molecule has 6 heteroatoms. The summed E-state index contributed by atoms with van der Waals surface area (Å²) in [4.78, 5) is 12.0. The predicted molar refractivity (Wildman–Crippen MR) is 101 cm³/mol. The van der Waals surface area contributed by atoms with Crippen molar-refractivity contribution in [3.8, 4) is 11.5 Å². The van der Waals surface area contributed by atoms with Gasteiger partial charge in [-0.3, -0.25) is 4.79 Å². The lowest BCUT2D eigenvalue weighted by Gasteiger charge is -2.10. The third-order valence-electron chi connectivity index (χ3n) is 3.28. The molecule has 0 unspecified atom stereocenters. The highest BCUT2D eigenvalue weighted by molar-refractivity contribution is 9.10. The molecule has 0 fully saturated rings. The highest BCUT2D eigenvalue weighted by atomic mass is 79.9. The summed E-state index contributed by atoms with van der Waals surface area (Å²) in [6.07, 6.45) is 0. The molecule has 5 nitrogen and oxygen atoms in total. The van der Waals surface area contributed by atoms with Crippen LogP contribution in [0.4, 0.5) is 5.69 Å². The lowest BCUT2D eigenvalue weighted by molar-refractivity contribution is -0.118. The molecule has 2 aromatic rings. The van der Waals surface area contributed by atoms with Gasteiger partial charge in [0.25, 0.3) is 5.91 Å². The molecular formula is C19H22BrNO4. The van der Waals surface area contributed by atoms with Gasteiger partial charge in [0.1, 0.15) is 18.1 Å². The number of carbonyl (C=O) groups is 1. The first-order valence-electron chi connectivity index (χ1n) is 8.08. The van der Waals surface area contributed by atoms with Crippen LogP contribution in [0.3, 0.4) is 0 Å². The van der Waals surface area contributed by atoms with Gasteiger partial charge in [-0.25, -0.2) is 0 Å². The van der Waals surface area contributed by atoms with E-state index in [9.17, 15) is 4.79 Å². The summed E-state index contributed by atoms with van der Waals surface area (Å²) in [5.41, 5.74) is 1.81. The maximum absolute atomic E-state index is 12.0. The molecule has 0 bridgehead atoms. The van der Waals surface area contributed by atoms with E-state index in [0.717, 1.165) is 15.8 Å². The van der Waals surface area contributed by atoms with Gasteiger partial charge < -0.3 is 19.5 Å². The molecule has 1 N–H and O–H groups in total. The Bertz CT molecular complexity index is 688. The van der Waals surface area contributed by atoms with E-state index in [1.54, 1.807) is 24.3 Å². The fraction of sp³-hybridized carbons (Fsp3) is 0.316. The lowest BCUT2D eigenvalue weighted by atomic mass is 10.2. The van der Waals surface area contributed by atoms with Crippen molar-refractivity contribution in [1.29, 1.82) is 0 Å². The molecule has 0 saturated heterocycles. The average Bonchev–Trinajstić information content (AvgIpc) is 2.59. The van der Waals surface area contributed by atoms with Gasteiger partial charge in [0.15, 0.2) is 6.61 Å². The average molecular weight is 408 g/mol. The summed E-state index contributed by atoms with van der Waals surface area (Å²) in [6.45, 7) is 5.60. The van der Waals surface area contributed by atoms with Crippen molar-refractivity contribution in [3.63, 3.8) is 0 Å². The van der Waals surface area contributed by atoms with Gasteiger partial charge in [-0.2, -0.15) is 0 Å². The summed E-state index contributed by atoms with van der Waals surface area (Å²) in [7, 11) is 0. The van der Waals surface area contributed by atoms with E-state index < -0.39 is 0 Å². The fourth-order valence-electron chi connectivity index (χ4n) is 2.06. The zero-order chi connectivity index (χ0) is 18.1. The minimum absolute atomic E-state index is 0.0612. The number of amides is 1. The van der Waals surface area contributed by atoms with Crippen LogP contribution in [-0.4, -0.2) is 32.3 Å². The SMILES string of the molecule is CCOCCOc1ccc(NC(=O)COc2ccc(C)cc2Br)cc1. The summed E-state index contributed by atoms with van der Waals surface area (Å²) in [6, 6.07) is 12.9. The molecule has 0 aliphatic rings. The van der Waals surface area contributed by atoms with Crippen molar-refractivity contribution in [2.45, 2.75) is 13.8 Å². The molecule has 0 aromatic heterocycles. The van der Waals surface area contributed by atoms with Gasteiger partial charge in [0.05, 0.1) is 11.1 Å². The third-order valence-corrected chi connectivity index (χ3v) is 3.90. The summed E-state index contributed by atoms with van der Waals surface area (Å²) >= 11 is 3.42. The molecule has 1 amide bonds. The van der Waals surface area contributed by atoms with Crippen LogP contribution in [0, 0.1) is 6.92 Å². The highest BCUT2D eigenvalue weighted by Crippen LogP contribution is 2.25. The molecular weight excluding hydrogens is 386 g/mol. The number of anilines is 1. The number of benzene rings is 2. The minimum atomic E-state index is -0.225. The van der Waals surface area contributed by atoms with Crippen LogP contribution in [0.2, 0.25) is 0 Å². The second kappa shape index (κ2) is 10.1. The first-order chi connectivity index (χ1) is 12.1. The number of aryl methyl sites for hydroxylation is 1.